The van der Waals surface area contributed by atoms with E-state index in [1.165, 1.54) is 115 Å². The molecule has 7 aliphatic carbocycles. The van der Waals surface area contributed by atoms with E-state index in [0.29, 0.717) is 17.6 Å². The van der Waals surface area contributed by atoms with Gasteiger partial charge < -0.3 is 4.40 Å². The zero-order chi connectivity index (χ0) is 40.4. The fraction of sp³-hybridized carbons (Fsp3) is 0.362. The lowest BCUT2D eigenvalue weighted by atomic mass is 9.65. The van der Waals surface area contributed by atoms with Crippen LogP contribution in [0.1, 0.15) is 137 Å². The fourth-order valence-electron chi connectivity index (χ4n) is 13.9. The van der Waals surface area contributed by atoms with Gasteiger partial charge in [0.1, 0.15) is 0 Å². The Morgan fingerprint density at radius 2 is 1.17 bits per heavy atom. The molecule has 8 aromatic rings. The van der Waals surface area contributed by atoms with E-state index in [2.05, 4.69) is 148 Å². The molecule has 6 bridgehead atoms. The summed E-state index contributed by atoms with van der Waals surface area (Å²) in [7, 11) is 0. The second kappa shape index (κ2) is 12.0. The van der Waals surface area contributed by atoms with Crippen LogP contribution in [0.25, 0.3) is 71.5 Å². The van der Waals surface area contributed by atoms with Crippen LogP contribution in [0.5, 0.6) is 0 Å². The standard InChI is InChI=1S/C58H55NO/c1-56(2,3)40-29-42(35-12-8-6-9-13-35)51(43(30-40)36-14-10-7-11-15-36)39-27-45-44-31-48-46(55(60)58(5)20-18-57(48,4)19-21-58)32-50(44)59-49-17-16-41-37-23-33-22-34(24-37)26-38(25-33)52(41)53(49)47(28-39)54(45)59/h6-17,27-34,37-38H,18-26H2,1-5H3. The topological polar surface area (TPSA) is 21.5 Å². The number of carbonyl (C=O) groups is 1. The second-order valence-electron chi connectivity index (χ2n) is 21.8. The van der Waals surface area contributed by atoms with E-state index in [-0.39, 0.29) is 16.2 Å². The molecule has 2 heterocycles. The molecule has 3 saturated carbocycles. The Morgan fingerprint density at radius 1 is 0.567 bits per heavy atom. The first-order valence-electron chi connectivity index (χ1n) is 23.1. The van der Waals surface area contributed by atoms with E-state index in [1.54, 1.807) is 11.1 Å². The maximum absolute atomic E-state index is 14.7. The first kappa shape index (κ1) is 35.5. The average Bonchev–Trinajstić information content (AvgIpc) is 3.65. The van der Waals surface area contributed by atoms with E-state index in [4.69, 9.17) is 0 Å². The molecular weight excluding hydrogens is 727 g/mol. The third kappa shape index (κ3) is 4.80. The maximum atomic E-state index is 14.7. The predicted molar refractivity (Wildman–Crippen MR) is 250 cm³/mol. The number of carbonyl (C=O) groups excluding carboxylic acids is 1. The van der Waals surface area contributed by atoms with E-state index in [9.17, 15) is 4.79 Å². The summed E-state index contributed by atoms with van der Waals surface area (Å²) in [5.74, 6) is 3.35. The summed E-state index contributed by atoms with van der Waals surface area (Å²) >= 11 is 0. The minimum atomic E-state index is -0.276. The van der Waals surface area contributed by atoms with Crippen molar-refractivity contribution in [2.45, 2.75) is 115 Å². The smallest absolute Gasteiger partial charge is 0.169 e. The zero-order valence-electron chi connectivity index (χ0n) is 35.9. The lowest BCUT2D eigenvalue weighted by Crippen LogP contribution is -2.33. The third-order valence-electron chi connectivity index (χ3n) is 17.1. The molecule has 0 N–H and O–H groups in total. The molecule has 2 atom stereocenters. The highest BCUT2D eigenvalue weighted by Gasteiger charge is 2.49. The monoisotopic (exact) mass is 781 g/mol. The molecule has 0 radical (unpaired) electrons. The SMILES string of the molecule is CC12CCC(C)(CC1)c1cc3c4cc(-c5c(-c6ccccc6)cc(C(C)(C)C)cc5-c5ccccc5)cc5c6c7c(ccc6n(c3cc1C2=O)c45)C1CC2CC(C1)CC7C2. The zero-order valence-corrected chi connectivity index (χ0v) is 35.9. The Balaban J connectivity index is 1.21. The largest absolute Gasteiger partial charge is 0.308 e. The van der Waals surface area contributed by atoms with Crippen LogP contribution in [-0.2, 0) is 10.8 Å². The van der Waals surface area contributed by atoms with Crippen molar-refractivity contribution >= 4 is 43.9 Å². The van der Waals surface area contributed by atoms with Crippen molar-refractivity contribution in [3.05, 3.63) is 137 Å². The molecular formula is C58H55NO. The van der Waals surface area contributed by atoms with E-state index in [1.807, 2.05) is 0 Å². The molecule has 0 amide bonds. The molecule has 2 heteroatoms. The average molecular weight is 782 g/mol. The first-order chi connectivity index (χ1) is 29.0. The van der Waals surface area contributed by atoms with Crippen LogP contribution in [-0.4, -0.2) is 10.2 Å². The number of nitrogens with zero attached hydrogens (tertiary/aromatic N) is 1. The Hall–Kier alpha value is -5.21. The van der Waals surface area contributed by atoms with Gasteiger partial charge >= 0.3 is 0 Å². The lowest BCUT2D eigenvalue weighted by molar-refractivity contribution is 0.0732. The van der Waals surface area contributed by atoms with Crippen LogP contribution >= 0.6 is 0 Å². The molecule has 0 aliphatic heterocycles. The Kier molecular flexibility index (Phi) is 7.10. The van der Waals surface area contributed by atoms with Gasteiger partial charge in [-0.25, -0.2) is 0 Å². The normalized spacial score (nSPS) is 27.0. The second-order valence-corrected chi connectivity index (χ2v) is 21.8. The Labute approximate surface area is 354 Å². The van der Waals surface area contributed by atoms with Crippen molar-refractivity contribution in [3.8, 4) is 33.4 Å². The summed E-state index contributed by atoms with van der Waals surface area (Å²) in [6, 6.07) is 42.3. The minimum Gasteiger partial charge on any atom is -0.308 e. The third-order valence-corrected chi connectivity index (χ3v) is 17.1. The summed E-state index contributed by atoms with van der Waals surface area (Å²) in [6.07, 6.45) is 10.9. The molecule has 2 aromatic heterocycles. The number of fused-ring (bicyclic) bond motifs is 8. The van der Waals surface area contributed by atoms with Crippen LogP contribution in [0.2, 0.25) is 0 Å². The van der Waals surface area contributed by atoms with E-state index >= 15 is 0 Å². The maximum Gasteiger partial charge on any atom is 0.169 e. The molecule has 15 rings (SSSR count). The van der Waals surface area contributed by atoms with Crippen LogP contribution in [0.4, 0.5) is 0 Å². The van der Waals surface area contributed by atoms with Crippen LogP contribution in [0, 0.1) is 17.3 Å². The molecule has 2 unspecified atom stereocenters. The van der Waals surface area contributed by atoms with Crippen LogP contribution < -0.4 is 0 Å². The molecule has 60 heavy (non-hydrogen) atoms. The molecule has 0 saturated heterocycles. The van der Waals surface area contributed by atoms with Gasteiger partial charge in [-0.05, 0) is 190 Å². The molecule has 2 nitrogen and oxygen atoms in total. The van der Waals surface area contributed by atoms with Crippen molar-refractivity contribution in [3.63, 3.8) is 0 Å². The minimum absolute atomic E-state index is 0.00543. The summed E-state index contributed by atoms with van der Waals surface area (Å²) in [6.45, 7) is 11.7. The van der Waals surface area contributed by atoms with Gasteiger partial charge in [0.25, 0.3) is 0 Å². The number of ketones is 1. The van der Waals surface area contributed by atoms with Gasteiger partial charge in [0, 0.05) is 32.5 Å². The Morgan fingerprint density at radius 3 is 1.80 bits per heavy atom. The lowest BCUT2D eigenvalue weighted by Gasteiger charge is -2.38. The molecule has 3 fully saturated rings. The van der Waals surface area contributed by atoms with Gasteiger partial charge in [-0.2, -0.15) is 0 Å². The first-order valence-corrected chi connectivity index (χ1v) is 23.1. The summed E-state index contributed by atoms with van der Waals surface area (Å²) in [5.41, 5.74) is 18.1. The van der Waals surface area contributed by atoms with Gasteiger partial charge in [-0.15, -0.1) is 0 Å². The van der Waals surface area contributed by atoms with Gasteiger partial charge in [-0.3, -0.25) is 4.79 Å². The van der Waals surface area contributed by atoms with Gasteiger partial charge in [-0.1, -0.05) is 101 Å². The molecule has 7 aliphatic rings. The van der Waals surface area contributed by atoms with Crippen molar-refractivity contribution in [2.24, 2.45) is 17.3 Å². The molecule has 6 aromatic carbocycles. The Bertz CT molecular complexity index is 3040. The highest BCUT2D eigenvalue weighted by atomic mass is 16.1. The number of Topliss-reactive ketones (excluding diaryl/α,β-unsaturated/α-hetero) is 1. The number of aromatic nitrogens is 1. The van der Waals surface area contributed by atoms with Crippen LogP contribution in [0.3, 0.4) is 0 Å². The highest BCUT2D eigenvalue weighted by molar-refractivity contribution is 6.26. The summed E-state index contributed by atoms with van der Waals surface area (Å²) < 4.78 is 2.61. The predicted octanol–water partition coefficient (Wildman–Crippen LogP) is 15.6. The van der Waals surface area contributed by atoms with Crippen molar-refractivity contribution in [2.75, 3.05) is 0 Å². The highest BCUT2D eigenvalue weighted by Crippen LogP contribution is 2.60. The van der Waals surface area contributed by atoms with Gasteiger partial charge in [0.05, 0.1) is 16.6 Å². The van der Waals surface area contributed by atoms with Crippen molar-refractivity contribution < 1.29 is 4.79 Å². The quantitative estimate of drug-likeness (QED) is 0.175. The summed E-state index contributed by atoms with van der Waals surface area (Å²) in [5, 5.41) is 5.50. The fourth-order valence-corrected chi connectivity index (χ4v) is 13.9. The van der Waals surface area contributed by atoms with Crippen LogP contribution in [0.15, 0.2) is 109 Å². The molecule has 298 valence electrons. The summed E-state index contributed by atoms with van der Waals surface area (Å²) in [4.78, 5) is 14.7. The number of benzene rings is 6. The number of rotatable bonds is 3. The molecule has 0 spiro atoms. The number of hydrogen-bond donors (Lipinski definition) is 0. The number of hydrogen-bond acceptors (Lipinski definition) is 1. The van der Waals surface area contributed by atoms with Crippen molar-refractivity contribution in [1.82, 2.24) is 4.40 Å². The van der Waals surface area contributed by atoms with Crippen molar-refractivity contribution in [1.29, 1.82) is 0 Å². The van der Waals surface area contributed by atoms with Gasteiger partial charge in [0.2, 0.25) is 0 Å². The van der Waals surface area contributed by atoms with Gasteiger partial charge in [0.15, 0.2) is 5.78 Å². The van der Waals surface area contributed by atoms with E-state index in [0.717, 1.165) is 43.1 Å². The van der Waals surface area contributed by atoms with E-state index < -0.39 is 0 Å².